The number of rotatable bonds is 4. The van der Waals surface area contributed by atoms with Crippen molar-refractivity contribution in [2.75, 3.05) is 0 Å². The highest BCUT2D eigenvalue weighted by Crippen LogP contribution is 2.50. The molecule has 5 rings (SSSR count). The van der Waals surface area contributed by atoms with Crippen molar-refractivity contribution >= 4 is 39.0 Å². The predicted octanol–water partition coefficient (Wildman–Crippen LogP) is 9.31. The molecule has 3 aromatic rings. The number of fused-ring (bicyclic) bond motifs is 7. The third-order valence-corrected chi connectivity index (χ3v) is 18.3. The third kappa shape index (κ3) is 4.59. The summed E-state index contributed by atoms with van der Waals surface area (Å²) in [6.45, 7) is 22.5. The second kappa shape index (κ2) is 9.28. The second-order valence-corrected chi connectivity index (χ2v) is 23.8. The van der Waals surface area contributed by atoms with Crippen molar-refractivity contribution < 1.29 is 18.4 Å². The predicted molar refractivity (Wildman–Crippen MR) is 170 cm³/mol. The average molecular weight is 571 g/mol. The second-order valence-electron chi connectivity index (χ2n) is 14.4. The fourth-order valence-corrected chi connectivity index (χ4v) is 7.21. The van der Waals surface area contributed by atoms with Crippen molar-refractivity contribution in [2.24, 2.45) is 0 Å². The highest BCUT2D eigenvalue weighted by molar-refractivity contribution is 6.75. The van der Waals surface area contributed by atoms with Gasteiger partial charge in [-0.2, -0.15) is 0 Å². The van der Waals surface area contributed by atoms with Gasteiger partial charge in [-0.1, -0.05) is 59.7 Å². The van der Waals surface area contributed by atoms with Crippen LogP contribution in [0.3, 0.4) is 0 Å². The molecule has 4 nitrogen and oxygen atoms in total. The smallest absolute Gasteiger partial charge is 0.250 e. The monoisotopic (exact) mass is 570 g/mol. The molecule has 0 N–H and O–H groups in total. The van der Waals surface area contributed by atoms with E-state index in [0.717, 1.165) is 51.8 Å². The van der Waals surface area contributed by atoms with E-state index in [1.807, 2.05) is 12.1 Å². The number of carbonyl (C=O) groups is 2. The summed E-state index contributed by atoms with van der Waals surface area (Å²) >= 11 is 0. The number of hydrogen-bond acceptors (Lipinski definition) is 4. The van der Waals surface area contributed by atoms with Gasteiger partial charge in [-0.25, -0.2) is 0 Å². The molecule has 0 atom stereocenters. The minimum absolute atomic E-state index is 0.00866. The van der Waals surface area contributed by atoms with Gasteiger partial charge in [0.2, 0.25) is 0 Å². The van der Waals surface area contributed by atoms with Crippen LogP contribution in [0.25, 0.3) is 21.9 Å². The van der Waals surface area contributed by atoms with E-state index in [-0.39, 0.29) is 21.6 Å². The molecule has 6 heteroatoms. The summed E-state index contributed by atoms with van der Waals surface area (Å²) in [5.41, 5.74) is 5.18. The maximum absolute atomic E-state index is 13.4. The molecular formula is C34H42O4Si2. The Hall–Kier alpha value is -2.97. The molecule has 0 amide bonds. The Morgan fingerprint density at radius 3 is 1.70 bits per heavy atom. The first-order valence-corrected chi connectivity index (χ1v) is 20.1. The Morgan fingerprint density at radius 1 is 0.600 bits per heavy atom. The quantitative estimate of drug-likeness (QED) is 0.293. The van der Waals surface area contributed by atoms with E-state index in [9.17, 15) is 9.59 Å². The van der Waals surface area contributed by atoms with Gasteiger partial charge in [-0.15, -0.1) is 0 Å². The molecule has 3 aromatic carbocycles. The van der Waals surface area contributed by atoms with Crippen LogP contribution in [0.1, 0.15) is 73.4 Å². The summed E-state index contributed by atoms with van der Waals surface area (Å²) in [6.07, 6.45) is 4.50. The van der Waals surface area contributed by atoms with Gasteiger partial charge in [-0.3, -0.25) is 9.59 Å². The van der Waals surface area contributed by atoms with Gasteiger partial charge in [0.05, 0.1) is 0 Å². The molecular weight excluding hydrogens is 529 g/mol. The summed E-state index contributed by atoms with van der Waals surface area (Å²) < 4.78 is 14.0. The molecule has 0 saturated heterocycles. The van der Waals surface area contributed by atoms with Gasteiger partial charge >= 0.3 is 0 Å². The molecule has 0 fully saturated rings. The number of allylic oxidation sites excluding steroid dienone is 2. The maximum atomic E-state index is 13.4. The molecule has 0 saturated carbocycles. The van der Waals surface area contributed by atoms with Gasteiger partial charge < -0.3 is 8.85 Å². The molecule has 2 aliphatic rings. The van der Waals surface area contributed by atoms with Crippen molar-refractivity contribution in [3.63, 3.8) is 0 Å². The van der Waals surface area contributed by atoms with Gasteiger partial charge in [0.25, 0.3) is 16.6 Å². The molecule has 0 unspecified atom stereocenters. The van der Waals surface area contributed by atoms with E-state index in [2.05, 4.69) is 92.0 Å². The number of hydrogen-bond donors (Lipinski definition) is 0. The summed E-state index contributed by atoms with van der Waals surface area (Å²) in [7, 11) is -4.36. The topological polar surface area (TPSA) is 52.6 Å². The minimum atomic E-state index is -2.21. The third-order valence-electron chi connectivity index (χ3n) is 9.64. The lowest BCUT2D eigenvalue weighted by molar-refractivity contribution is 0.0994. The fraction of sp³-hybridized carbons (Fsp3) is 0.412. The Morgan fingerprint density at radius 2 is 1.10 bits per heavy atom. The van der Waals surface area contributed by atoms with Crippen LogP contribution in [-0.2, 0) is 12.8 Å². The SMILES string of the molecule is CC(C)(C)[Si](C)(C)Oc1ccc(O[Si](C)(C)C(C)(C)C)c2c3c(ccc12)CCc1ccc2c(c1-3)C(=O)C=CC2=O. The number of aryl methyl sites for hydroxylation is 2. The summed E-state index contributed by atoms with van der Waals surface area (Å²) in [5, 5.41) is 2.03. The molecule has 0 spiro atoms. The van der Waals surface area contributed by atoms with Crippen molar-refractivity contribution in [1.29, 1.82) is 0 Å². The lowest BCUT2D eigenvalue weighted by Gasteiger charge is -2.38. The first kappa shape index (κ1) is 28.6. The number of benzene rings is 3. The number of carbonyl (C=O) groups excluding carboxylic acids is 2. The minimum Gasteiger partial charge on any atom is -0.543 e. The van der Waals surface area contributed by atoms with Crippen LogP contribution in [-0.4, -0.2) is 28.2 Å². The molecule has 210 valence electrons. The first-order chi connectivity index (χ1) is 18.4. The van der Waals surface area contributed by atoms with Crippen molar-refractivity contribution in [2.45, 2.75) is 90.6 Å². The Balaban J connectivity index is 1.87. The standard InChI is InChI=1S/C34H42O4Si2/c1-33(2,3)39(7,8)37-27-19-20-28(38-40(9,10)34(4,5)6)32-24(27)16-14-22-12-11-21-13-15-23-25(35)17-18-26(36)31(23)29(21)30(22)32/h13-20H,11-12H2,1-10H3. The van der Waals surface area contributed by atoms with Crippen LogP contribution < -0.4 is 8.85 Å². The summed E-state index contributed by atoms with van der Waals surface area (Å²) in [6, 6.07) is 12.3. The Kier molecular flexibility index (Phi) is 6.63. The molecule has 0 aliphatic heterocycles. The van der Waals surface area contributed by atoms with E-state index in [1.165, 1.54) is 17.7 Å². The first-order valence-electron chi connectivity index (χ1n) is 14.3. The maximum Gasteiger partial charge on any atom is 0.250 e. The van der Waals surface area contributed by atoms with E-state index in [4.69, 9.17) is 8.85 Å². The highest BCUT2D eigenvalue weighted by Gasteiger charge is 2.41. The average Bonchev–Trinajstić information content (AvgIpc) is 2.85. The zero-order valence-electron chi connectivity index (χ0n) is 25.7. The van der Waals surface area contributed by atoms with E-state index in [0.29, 0.717) is 11.1 Å². The molecule has 0 aromatic heterocycles. The summed E-state index contributed by atoms with van der Waals surface area (Å²) in [5.74, 6) is 1.45. The van der Waals surface area contributed by atoms with Crippen molar-refractivity contribution in [3.8, 4) is 22.6 Å². The van der Waals surface area contributed by atoms with E-state index >= 15 is 0 Å². The molecule has 0 bridgehead atoms. The van der Waals surface area contributed by atoms with Crippen LogP contribution in [0.4, 0.5) is 0 Å². The van der Waals surface area contributed by atoms with E-state index < -0.39 is 16.6 Å². The van der Waals surface area contributed by atoms with Crippen molar-refractivity contribution in [1.82, 2.24) is 0 Å². The molecule has 0 radical (unpaired) electrons. The van der Waals surface area contributed by atoms with E-state index in [1.54, 1.807) is 0 Å². The molecule has 0 heterocycles. The largest absolute Gasteiger partial charge is 0.543 e. The van der Waals surface area contributed by atoms with Crippen LogP contribution in [0.2, 0.25) is 36.3 Å². The zero-order chi connectivity index (χ0) is 29.4. The zero-order valence-corrected chi connectivity index (χ0v) is 27.7. The van der Waals surface area contributed by atoms with Crippen LogP contribution >= 0.6 is 0 Å². The Bertz CT molecular complexity index is 1600. The Labute approximate surface area is 241 Å². The van der Waals surface area contributed by atoms with Crippen molar-refractivity contribution in [3.05, 3.63) is 70.8 Å². The van der Waals surface area contributed by atoms with Gasteiger partial charge in [0, 0.05) is 21.9 Å². The normalized spacial score (nSPS) is 15.6. The fourth-order valence-electron chi connectivity index (χ4n) is 5.15. The summed E-state index contributed by atoms with van der Waals surface area (Å²) in [4.78, 5) is 26.3. The highest BCUT2D eigenvalue weighted by atomic mass is 28.4. The number of ketones is 2. The van der Waals surface area contributed by atoms with Crippen LogP contribution in [0.5, 0.6) is 11.5 Å². The molecule has 40 heavy (non-hydrogen) atoms. The lowest BCUT2D eigenvalue weighted by atomic mass is 9.76. The van der Waals surface area contributed by atoms with Crippen LogP contribution in [0, 0.1) is 0 Å². The van der Waals surface area contributed by atoms with Gasteiger partial charge in [-0.05, 0) is 102 Å². The van der Waals surface area contributed by atoms with Crippen LogP contribution in [0.15, 0.2) is 48.6 Å². The van der Waals surface area contributed by atoms with Gasteiger partial charge in [0.15, 0.2) is 11.6 Å². The lowest BCUT2D eigenvalue weighted by Crippen LogP contribution is -2.44. The van der Waals surface area contributed by atoms with Gasteiger partial charge in [0.1, 0.15) is 11.5 Å². The molecule has 2 aliphatic carbocycles.